The summed E-state index contributed by atoms with van der Waals surface area (Å²) in [6, 6.07) is 0. The number of aryl methyl sites for hydroxylation is 3. The van der Waals surface area contributed by atoms with Crippen molar-refractivity contribution in [3.05, 3.63) is 45.2 Å². The normalized spacial score (nSPS) is 10.7. The van der Waals surface area contributed by atoms with Crippen LogP contribution in [0.2, 0.25) is 0 Å². The monoisotopic (exact) mass is 303 g/mol. The van der Waals surface area contributed by atoms with Crippen LogP contribution in [0.25, 0.3) is 0 Å². The second-order valence-electron chi connectivity index (χ2n) is 5.35. The summed E-state index contributed by atoms with van der Waals surface area (Å²) >= 11 is 0. The highest BCUT2D eigenvalue weighted by atomic mass is 16.2. The fraction of sp³-hybridized carbons (Fsp3) is 0.467. The minimum atomic E-state index is -0.249. The molecular formula is C15H21N5O2. The molecule has 1 amide bonds. The molecule has 2 aromatic rings. The van der Waals surface area contributed by atoms with Crippen LogP contribution < -0.4 is 10.9 Å². The lowest BCUT2D eigenvalue weighted by Crippen LogP contribution is -2.31. The van der Waals surface area contributed by atoms with Gasteiger partial charge in [-0.1, -0.05) is 0 Å². The Kier molecular flexibility index (Phi) is 4.75. The minimum absolute atomic E-state index is 0.0381. The van der Waals surface area contributed by atoms with Crippen molar-refractivity contribution < 1.29 is 4.79 Å². The first-order chi connectivity index (χ1) is 10.4. The standard InChI is InChI=1S/C15H21N5O2/c1-9-11(3)20(8-17-9)6-5-16-14(21)7-13-10(2)18-12(4)19-15(13)22/h8H,5-7H2,1-4H3,(H,16,21)(H,18,19,22). The van der Waals surface area contributed by atoms with Crippen LogP contribution >= 0.6 is 0 Å². The fourth-order valence-electron chi connectivity index (χ4n) is 2.27. The van der Waals surface area contributed by atoms with Crippen LogP contribution in [-0.2, 0) is 17.8 Å². The lowest BCUT2D eigenvalue weighted by molar-refractivity contribution is -0.120. The van der Waals surface area contributed by atoms with Gasteiger partial charge in [0.25, 0.3) is 5.56 Å². The van der Waals surface area contributed by atoms with E-state index in [4.69, 9.17) is 0 Å². The molecule has 2 rings (SSSR count). The summed E-state index contributed by atoms with van der Waals surface area (Å²) in [5.41, 5.74) is 2.83. The molecule has 0 atom stereocenters. The number of imidazole rings is 1. The molecule has 7 nitrogen and oxygen atoms in total. The van der Waals surface area contributed by atoms with Gasteiger partial charge in [-0.2, -0.15) is 0 Å². The van der Waals surface area contributed by atoms with E-state index in [0.717, 1.165) is 11.4 Å². The van der Waals surface area contributed by atoms with Crippen molar-refractivity contribution in [2.24, 2.45) is 0 Å². The van der Waals surface area contributed by atoms with Gasteiger partial charge in [-0.15, -0.1) is 0 Å². The molecule has 22 heavy (non-hydrogen) atoms. The third-order valence-corrected chi connectivity index (χ3v) is 3.70. The largest absolute Gasteiger partial charge is 0.354 e. The molecule has 0 fully saturated rings. The zero-order chi connectivity index (χ0) is 16.3. The summed E-state index contributed by atoms with van der Waals surface area (Å²) in [4.78, 5) is 34.8. The van der Waals surface area contributed by atoms with E-state index in [-0.39, 0.29) is 17.9 Å². The Hall–Kier alpha value is -2.44. The van der Waals surface area contributed by atoms with Gasteiger partial charge >= 0.3 is 0 Å². The fourth-order valence-corrected chi connectivity index (χ4v) is 2.27. The molecule has 0 radical (unpaired) electrons. The molecule has 0 aliphatic carbocycles. The molecule has 2 N–H and O–H groups in total. The second-order valence-corrected chi connectivity index (χ2v) is 5.35. The number of nitrogens with one attached hydrogen (secondary N) is 2. The predicted molar refractivity (Wildman–Crippen MR) is 82.7 cm³/mol. The summed E-state index contributed by atoms with van der Waals surface area (Å²) in [5.74, 6) is 0.367. The molecule has 2 aromatic heterocycles. The van der Waals surface area contributed by atoms with Gasteiger partial charge in [-0.3, -0.25) is 9.59 Å². The number of H-pyrrole nitrogens is 1. The molecule has 0 aliphatic rings. The first kappa shape index (κ1) is 15.9. The van der Waals surface area contributed by atoms with Gasteiger partial charge in [0, 0.05) is 30.0 Å². The molecule has 0 aliphatic heterocycles. The van der Waals surface area contributed by atoms with Gasteiger partial charge in [0.05, 0.1) is 18.4 Å². The zero-order valence-corrected chi connectivity index (χ0v) is 13.4. The highest BCUT2D eigenvalue weighted by Crippen LogP contribution is 2.03. The van der Waals surface area contributed by atoms with Crippen molar-refractivity contribution in [2.45, 2.75) is 40.7 Å². The van der Waals surface area contributed by atoms with Gasteiger partial charge in [0.2, 0.25) is 5.91 Å². The maximum atomic E-state index is 12.0. The maximum absolute atomic E-state index is 12.0. The topological polar surface area (TPSA) is 92.7 Å². The molecule has 0 saturated carbocycles. The molecule has 2 heterocycles. The van der Waals surface area contributed by atoms with Crippen LogP contribution in [0.1, 0.15) is 28.5 Å². The van der Waals surface area contributed by atoms with E-state index in [2.05, 4.69) is 20.3 Å². The van der Waals surface area contributed by atoms with E-state index in [1.54, 1.807) is 20.2 Å². The quantitative estimate of drug-likeness (QED) is 0.844. The Morgan fingerprint density at radius 1 is 1.27 bits per heavy atom. The molecule has 0 saturated heterocycles. The molecule has 0 aromatic carbocycles. The number of nitrogens with zero attached hydrogens (tertiary/aromatic N) is 3. The third-order valence-electron chi connectivity index (χ3n) is 3.70. The van der Waals surface area contributed by atoms with Crippen molar-refractivity contribution in [2.75, 3.05) is 6.54 Å². The summed E-state index contributed by atoms with van der Waals surface area (Å²) < 4.78 is 1.99. The van der Waals surface area contributed by atoms with Crippen LogP contribution in [-0.4, -0.2) is 32.0 Å². The number of hydrogen-bond acceptors (Lipinski definition) is 4. The van der Waals surface area contributed by atoms with E-state index >= 15 is 0 Å². The molecule has 0 unspecified atom stereocenters. The smallest absolute Gasteiger partial charge is 0.254 e. The summed E-state index contributed by atoms with van der Waals surface area (Å²) in [6.07, 6.45) is 1.80. The number of rotatable bonds is 5. The highest BCUT2D eigenvalue weighted by Gasteiger charge is 2.11. The Labute approximate surface area is 128 Å². The Balaban J connectivity index is 1.91. The lowest BCUT2D eigenvalue weighted by Gasteiger charge is -2.08. The maximum Gasteiger partial charge on any atom is 0.254 e. The van der Waals surface area contributed by atoms with Gasteiger partial charge in [-0.05, 0) is 27.7 Å². The number of amides is 1. The minimum Gasteiger partial charge on any atom is -0.354 e. The average Bonchev–Trinajstić information content (AvgIpc) is 2.75. The Morgan fingerprint density at radius 2 is 2.00 bits per heavy atom. The van der Waals surface area contributed by atoms with Crippen LogP contribution in [0, 0.1) is 27.7 Å². The summed E-state index contributed by atoms with van der Waals surface area (Å²) in [6.45, 7) is 8.54. The zero-order valence-electron chi connectivity index (χ0n) is 13.4. The Bertz CT molecular complexity index is 745. The van der Waals surface area contributed by atoms with E-state index in [0.29, 0.717) is 30.2 Å². The first-order valence-corrected chi connectivity index (χ1v) is 7.20. The van der Waals surface area contributed by atoms with Crippen molar-refractivity contribution >= 4 is 5.91 Å². The van der Waals surface area contributed by atoms with Gasteiger partial charge in [0.15, 0.2) is 0 Å². The summed E-state index contributed by atoms with van der Waals surface area (Å²) in [7, 11) is 0. The predicted octanol–water partition coefficient (Wildman–Crippen LogP) is 0.559. The number of carbonyl (C=O) groups is 1. The van der Waals surface area contributed by atoms with Crippen LogP contribution in [0.5, 0.6) is 0 Å². The first-order valence-electron chi connectivity index (χ1n) is 7.20. The third kappa shape index (κ3) is 3.60. The van der Waals surface area contributed by atoms with E-state index < -0.39 is 0 Å². The molecule has 0 spiro atoms. The molecular weight excluding hydrogens is 282 g/mol. The second kappa shape index (κ2) is 6.55. The van der Waals surface area contributed by atoms with E-state index in [1.807, 2.05) is 18.4 Å². The van der Waals surface area contributed by atoms with Gasteiger partial charge in [0.1, 0.15) is 5.82 Å². The number of carbonyl (C=O) groups excluding carboxylic acids is 1. The molecule has 0 bridgehead atoms. The number of hydrogen-bond donors (Lipinski definition) is 2. The van der Waals surface area contributed by atoms with Gasteiger partial charge < -0.3 is 14.9 Å². The number of aromatic nitrogens is 4. The highest BCUT2D eigenvalue weighted by molar-refractivity contribution is 5.78. The van der Waals surface area contributed by atoms with Crippen molar-refractivity contribution in [1.82, 2.24) is 24.8 Å². The molecule has 118 valence electrons. The summed E-state index contributed by atoms with van der Waals surface area (Å²) in [5, 5.41) is 2.82. The van der Waals surface area contributed by atoms with Crippen LogP contribution in [0.15, 0.2) is 11.1 Å². The van der Waals surface area contributed by atoms with Crippen molar-refractivity contribution in [3.8, 4) is 0 Å². The SMILES string of the molecule is Cc1nc(C)c(CC(=O)NCCn2cnc(C)c2C)c(=O)[nH]1. The average molecular weight is 303 g/mol. The van der Waals surface area contributed by atoms with Crippen LogP contribution in [0.4, 0.5) is 0 Å². The molecule has 7 heteroatoms. The van der Waals surface area contributed by atoms with Crippen LogP contribution in [0.3, 0.4) is 0 Å². The van der Waals surface area contributed by atoms with Crippen molar-refractivity contribution in [1.29, 1.82) is 0 Å². The lowest BCUT2D eigenvalue weighted by atomic mass is 10.1. The Morgan fingerprint density at radius 3 is 2.59 bits per heavy atom. The van der Waals surface area contributed by atoms with E-state index in [9.17, 15) is 9.59 Å². The van der Waals surface area contributed by atoms with Gasteiger partial charge in [-0.25, -0.2) is 9.97 Å². The van der Waals surface area contributed by atoms with Crippen molar-refractivity contribution in [3.63, 3.8) is 0 Å². The number of aromatic amines is 1. The van der Waals surface area contributed by atoms with E-state index in [1.165, 1.54) is 0 Å².